The maximum absolute atomic E-state index is 11.7. The molecule has 0 aliphatic carbocycles. The summed E-state index contributed by atoms with van der Waals surface area (Å²) < 4.78 is 10.0. The van der Waals surface area contributed by atoms with E-state index >= 15 is 0 Å². The van der Waals surface area contributed by atoms with Gasteiger partial charge in [0, 0.05) is 19.4 Å². The summed E-state index contributed by atoms with van der Waals surface area (Å²) in [4.78, 5) is 23.1. The molecule has 0 fully saturated rings. The van der Waals surface area contributed by atoms with Crippen LogP contribution in [-0.4, -0.2) is 53.0 Å². The number of alkyl carbamates (subject to hydrolysis) is 1. The van der Waals surface area contributed by atoms with Crippen LogP contribution in [0, 0.1) is 0 Å². The number of hydrogen-bond acceptors (Lipinski definition) is 8. The van der Waals surface area contributed by atoms with E-state index in [1.165, 1.54) is 23.1 Å². The lowest BCUT2D eigenvalue weighted by molar-refractivity contribution is -0.113. The molecule has 1 rings (SSSR count). The molecule has 0 saturated heterocycles. The smallest absolute Gasteiger partial charge is 0.407 e. The first-order valence-electron chi connectivity index (χ1n) is 6.96. The first-order chi connectivity index (χ1) is 10.8. The van der Waals surface area contributed by atoms with Gasteiger partial charge in [0.1, 0.15) is 17.2 Å². The summed E-state index contributed by atoms with van der Waals surface area (Å²) in [5.74, 6) is 0.722. The molecule has 1 aromatic rings. The molecule has 0 bridgehead atoms. The van der Waals surface area contributed by atoms with Crippen molar-refractivity contribution in [3.63, 3.8) is 0 Å². The number of thioether (sulfide) groups is 1. The van der Waals surface area contributed by atoms with Gasteiger partial charge in [-0.3, -0.25) is 10.1 Å². The molecule has 23 heavy (non-hydrogen) atoms. The van der Waals surface area contributed by atoms with Crippen molar-refractivity contribution in [3.8, 4) is 0 Å². The van der Waals surface area contributed by atoms with Crippen LogP contribution in [0.4, 0.5) is 9.93 Å². The lowest BCUT2D eigenvalue weighted by atomic mass is 10.2. The molecule has 8 nitrogen and oxygen atoms in total. The summed E-state index contributed by atoms with van der Waals surface area (Å²) in [6.45, 7) is 6.22. The zero-order valence-corrected chi connectivity index (χ0v) is 15.3. The summed E-state index contributed by atoms with van der Waals surface area (Å²) in [7, 11) is 1.57. The van der Waals surface area contributed by atoms with E-state index in [-0.39, 0.29) is 11.7 Å². The predicted molar refractivity (Wildman–Crippen MR) is 90.8 cm³/mol. The molecule has 2 amide bonds. The highest BCUT2D eigenvalue weighted by Gasteiger charge is 2.15. The summed E-state index contributed by atoms with van der Waals surface area (Å²) in [5.41, 5.74) is -0.513. The molecule has 0 atom stereocenters. The van der Waals surface area contributed by atoms with Crippen molar-refractivity contribution in [3.05, 3.63) is 5.01 Å². The molecule has 2 N–H and O–H groups in total. The van der Waals surface area contributed by atoms with Crippen molar-refractivity contribution in [1.82, 2.24) is 15.5 Å². The summed E-state index contributed by atoms with van der Waals surface area (Å²) in [6, 6.07) is 0. The number of hydrogen-bond donors (Lipinski definition) is 2. The maximum Gasteiger partial charge on any atom is 0.407 e. The van der Waals surface area contributed by atoms with E-state index in [1.54, 1.807) is 27.9 Å². The molecule has 1 aromatic heterocycles. The zero-order valence-electron chi connectivity index (χ0n) is 13.7. The van der Waals surface area contributed by atoms with Crippen LogP contribution in [0.5, 0.6) is 0 Å². The number of ether oxygens (including phenoxy) is 2. The van der Waals surface area contributed by atoms with E-state index in [0.29, 0.717) is 29.0 Å². The van der Waals surface area contributed by atoms with Crippen molar-refractivity contribution >= 4 is 40.2 Å². The van der Waals surface area contributed by atoms with Gasteiger partial charge in [0.25, 0.3) is 0 Å². The largest absolute Gasteiger partial charge is 0.444 e. The standard InChI is InChI=1S/C13H22N4O4S2/c1-13(2,3)21-12(19)14-5-6-22-8-9(18)15-11-17-16-10(23-11)7-20-4/h5-8H2,1-4H3,(H,14,19)(H,15,17,18). The Hall–Kier alpha value is -1.39. The Labute approximate surface area is 143 Å². The highest BCUT2D eigenvalue weighted by Crippen LogP contribution is 2.16. The number of aromatic nitrogens is 2. The predicted octanol–water partition coefficient (Wildman–Crippen LogP) is 1.88. The maximum atomic E-state index is 11.7. The first-order valence-corrected chi connectivity index (χ1v) is 8.93. The van der Waals surface area contributed by atoms with E-state index in [2.05, 4.69) is 20.8 Å². The Kier molecular flexibility index (Phi) is 8.28. The van der Waals surface area contributed by atoms with Gasteiger partial charge in [-0.25, -0.2) is 4.79 Å². The second kappa shape index (κ2) is 9.68. The molecule has 0 aliphatic rings. The third-order valence-electron chi connectivity index (χ3n) is 2.13. The molecule has 1 heterocycles. The van der Waals surface area contributed by atoms with Gasteiger partial charge >= 0.3 is 6.09 Å². The molecule has 0 spiro atoms. The number of nitrogens with zero attached hydrogens (tertiary/aromatic N) is 2. The zero-order chi connectivity index (χ0) is 17.3. The average Bonchev–Trinajstić information content (AvgIpc) is 2.84. The minimum Gasteiger partial charge on any atom is -0.444 e. The van der Waals surface area contributed by atoms with E-state index in [9.17, 15) is 9.59 Å². The molecular formula is C13H22N4O4S2. The van der Waals surface area contributed by atoms with E-state index in [0.717, 1.165) is 0 Å². The molecule has 0 aromatic carbocycles. The minimum atomic E-state index is -0.513. The number of methoxy groups -OCH3 is 1. The van der Waals surface area contributed by atoms with Gasteiger partial charge in [-0.1, -0.05) is 11.3 Å². The molecule has 0 aliphatic heterocycles. The topological polar surface area (TPSA) is 102 Å². The lowest BCUT2D eigenvalue weighted by Crippen LogP contribution is -2.33. The van der Waals surface area contributed by atoms with Crippen LogP contribution in [0.3, 0.4) is 0 Å². The highest BCUT2D eigenvalue weighted by molar-refractivity contribution is 7.99. The van der Waals surface area contributed by atoms with Gasteiger partial charge in [-0.05, 0) is 20.8 Å². The Bertz CT molecular complexity index is 516. The SMILES string of the molecule is COCc1nnc(NC(=O)CSCCNC(=O)OC(C)(C)C)s1. The third-order valence-corrected chi connectivity index (χ3v) is 3.90. The number of nitrogens with one attached hydrogen (secondary N) is 2. The number of anilines is 1. The van der Waals surface area contributed by atoms with Gasteiger partial charge in [-0.15, -0.1) is 10.2 Å². The van der Waals surface area contributed by atoms with Crippen LogP contribution in [0.1, 0.15) is 25.8 Å². The van der Waals surface area contributed by atoms with Gasteiger partial charge in [0.05, 0.1) is 5.75 Å². The second-order valence-corrected chi connectivity index (χ2v) is 7.63. The number of carbonyl (C=O) groups is 2. The fraction of sp³-hybridized carbons (Fsp3) is 0.692. The monoisotopic (exact) mass is 362 g/mol. The highest BCUT2D eigenvalue weighted by atomic mass is 32.2. The van der Waals surface area contributed by atoms with Crippen LogP contribution in [0.2, 0.25) is 0 Å². The molecule has 130 valence electrons. The molecule has 0 saturated carbocycles. The van der Waals surface area contributed by atoms with Crippen LogP contribution in [-0.2, 0) is 20.9 Å². The summed E-state index contributed by atoms with van der Waals surface area (Å²) in [5, 5.41) is 14.2. The lowest BCUT2D eigenvalue weighted by Gasteiger charge is -2.19. The van der Waals surface area contributed by atoms with Gasteiger partial charge in [-0.2, -0.15) is 11.8 Å². The Balaban J connectivity index is 2.13. The van der Waals surface area contributed by atoms with Crippen molar-refractivity contribution < 1.29 is 19.1 Å². The summed E-state index contributed by atoms with van der Waals surface area (Å²) in [6.07, 6.45) is -0.456. The number of amides is 2. The van der Waals surface area contributed by atoms with Crippen molar-refractivity contribution in [1.29, 1.82) is 0 Å². The third kappa shape index (κ3) is 9.36. The Morgan fingerprint density at radius 1 is 1.30 bits per heavy atom. The normalized spacial score (nSPS) is 11.1. The fourth-order valence-electron chi connectivity index (χ4n) is 1.35. The Morgan fingerprint density at radius 2 is 2.04 bits per heavy atom. The fourth-order valence-corrected chi connectivity index (χ4v) is 2.72. The second-order valence-electron chi connectivity index (χ2n) is 5.46. The van der Waals surface area contributed by atoms with Crippen LogP contribution in [0.25, 0.3) is 0 Å². The molecule has 0 radical (unpaired) electrons. The van der Waals surface area contributed by atoms with Crippen molar-refractivity contribution in [2.24, 2.45) is 0 Å². The van der Waals surface area contributed by atoms with E-state index in [1.807, 2.05) is 0 Å². The van der Waals surface area contributed by atoms with E-state index < -0.39 is 11.7 Å². The molecule has 0 unspecified atom stereocenters. The van der Waals surface area contributed by atoms with Gasteiger partial charge < -0.3 is 14.8 Å². The Morgan fingerprint density at radius 3 is 2.70 bits per heavy atom. The quantitative estimate of drug-likeness (QED) is 0.681. The minimum absolute atomic E-state index is 0.160. The van der Waals surface area contributed by atoms with Gasteiger partial charge in [0.2, 0.25) is 11.0 Å². The van der Waals surface area contributed by atoms with E-state index in [4.69, 9.17) is 9.47 Å². The molecule has 10 heteroatoms. The van der Waals surface area contributed by atoms with Crippen molar-refractivity contribution in [2.45, 2.75) is 33.0 Å². The van der Waals surface area contributed by atoms with Crippen molar-refractivity contribution in [2.75, 3.05) is 30.5 Å². The first kappa shape index (κ1) is 19.7. The average molecular weight is 362 g/mol. The van der Waals surface area contributed by atoms with Gasteiger partial charge in [0.15, 0.2) is 0 Å². The summed E-state index contributed by atoms with van der Waals surface area (Å²) >= 11 is 2.68. The molecular weight excluding hydrogens is 340 g/mol. The van der Waals surface area contributed by atoms with Crippen LogP contribution >= 0.6 is 23.1 Å². The number of rotatable bonds is 8. The number of carbonyl (C=O) groups excluding carboxylic acids is 2. The van der Waals surface area contributed by atoms with Crippen LogP contribution < -0.4 is 10.6 Å². The van der Waals surface area contributed by atoms with Crippen LogP contribution in [0.15, 0.2) is 0 Å².